The molecule has 1 amide bonds. The molecule has 0 unspecified atom stereocenters. The highest BCUT2D eigenvalue weighted by Crippen LogP contribution is 2.21. The zero-order chi connectivity index (χ0) is 15.4. The van der Waals surface area contributed by atoms with Gasteiger partial charge >= 0.3 is 0 Å². The van der Waals surface area contributed by atoms with E-state index in [1.54, 1.807) is 18.3 Å². The number of hydrogen-bond donors (Lipinski definition) is 2. The Labute approximate surface area is 126 Å². The van der Waals surface area contributed by atoms with Crippen molar-refractivity contribution in [2.75, 3.05) is 0 Å². The molecule has 1 aromatic carbocycles. The quantitative estimate of drug-likeness (QED) is 0.893. The number of rotatable bonds is 5. The lowest BCUT2D eigenvalue weighted by Gasteiger charge is -2.06. The SMILES string of the molecule is CC(C)c1ncc(C(=O)NCc2ccc(F)c(CO)c2)s1. The number of nitrogens with zero attached hydrogens (tertiary/aromatic N) is 1. The summed E-state index contributed by atoms with van der Waals surface area (Å²) in [5.41, 5.74) is 0.962. The minimum atomic E-state index is -0.448. The number of aromatic nitrogens is 1. The lowest BCUT2D eigenvalue weighted by atomic mass is 10.1. The first kappa shape index (κ1) is 15.6. The van der Waals surface area contributed by atoms with Crippen molar-refractivity contribution in [2.45, 2.75) is 32.9 Å². The largest absolute Gasteiger partial charge is 0.392 e. The Bertz CT molecular complexity index is 640. The lowest BCUT2D eigenvalue weighted by Crippen LogP contribution is -2.21. The molecule has 0 aliphatic carbocycles. The van der Waals surface area contributed by atoms with Crippen molar-refractivity contribution in [1.29, 1.82) is 0 Å². The van der Waals surface area contributed by atoms with Gasteiger partial charge in [-0.15, -0.1) is 11.3 Å². The first-order chi connectivity index (χ1) is 10.0. The summed E-state index contributed by atoms with van der Waals surface area (Å²) in [4.78, 5) is 16.8. The molecule has 0 atom stereocenters. The Morgan fingerprint density at radius 1 is 1.48 bits per heavy atom. The first-order valence-electron chi connectivity index (χ1n) is 6.63. The Morgan fingerprint density at radius 2 is 2.24 bits per heavy atom. The van der Waals surface area contributed by atoms with E-state index in [2.05, 4.69) is 10.3 Å². The van der Waals surface area contributed by atoms with Crippen LogP contribution in [-0.4, -0.2) is 16.0 Å². The molecular formula is C15H17FN2O2S. The van der Waals surface area contributed by atoms with Crippen molar-refractivity contribution >= 4 is 17.2 Å². The number of halogens is 1. The van der Waals surface area contributed by atoms with Crippen LogP contribution in [0.1, 0.15) is 45.6 Å². The second-order valence-electron chi connectivity index (χ2n) is 4.98. The smallest absolute Gasteiger partial charge is 0.263 e. The molecule has 0 saturated carbocycles. The van der Waals surface area contributed by atoms with Gasteiger partial charge in [-0.2, -0.15) is 0 Å². The minimum Gasteiger partial charge on any atom is -0.392 e. The number of aliphatic hydroxyl groups is 1. The molecule has 0 aliphatic heterocycles. The van der Waals surface area contributed by atoms with Gasteiger partial charge in [-0.25, -0.2) is 9.37 Å². The maximum atomic E-state index is 13.3. The Kier molecular flexibility index (Phi) is 5.03. The van der Waals surface area contributed by atoms with Crippen molar-refractivity contribution in [3.05, 3.63) is 51.2 Å². The summed E-state index contributed by atoms with van der Waals surface area (Å²) < 4.78 is 13.3. The zero-order valence-electron chi connectivity index (χ0n) is 11.9. The Balaban J connectivity index is 2.00. The summed E-state index contributed by atoms with van der Waals surface area (Å²) in [5.74, 6) is -0.355. The van der Waals surface area contributed by atoms with Crippen molar-refractivity contribution in [3.8, 4) is 0 Å². The summed E-state index contributed by atoms with van der Waals surface area (Å²) in [6.45, 7) is 3.96. The fourth-order valence-corrected chi connectivity index (χ4v) is 2.62. The molecular weight excluding hydrogens is 291 g/mol. The topological polar surface area (TPSA) is 62.2 Å². The Hall–Kier alpha value is -1.79. The molecule has 0 radical (unpaired) electrons. The molecule has 6 heteroatoms. The number of carbonyl (C=O) groups excluding carboxylic acids is 1. The summed E-state index contributed by atoms with van der Waals surface area (Å²) in [5, 5.41) is 12.7. The number of carbonyl (C=O) groups is 1. The van der Waals surface area contributed by atoms with E-state index in [1.165, 1.54) is 17.4 Å². The average Bonchev–Trinajstić information content (AvgIpc) is 2.96. The molecule has 0 aliphatic rings. The first-order valence-corrected chi connectivity index (χ1v) is 7.45. The van der Waals surface area contributed by atoms with Crippen LogP contribution in [-0.2, 0) is 13.2 Å². The number of thiazole rings is 1. The standard InChI is InChI=1S/C15H17FN2O2S/c1-9(2)15-18-7-13(21-15)14(20)17-6-10-3-4-12(16)11(5-10)8-19/h3-5,7,9,19H,6,8H2,1-2H3,(H,17,20). The minimum absolute atomic E-state index is 0.200. The third-order valence-corrected chi connectivity index (χ3v) is 4.27. The number of aliphatic hydroxyl groups excluding tert-OH is 1. The van der Waals surface area contributed by atoms with Gasteiger partial charge in [-0.05, 0) is 17.7 Å². The summed E-state index contributed by atoms with van der Waals surface area (Å²) in [6, 6.07) is 4.42. The molecule has 112 valence electrons. The molecule has 2 N–H and O–H groups in total. The van der Waals surface area contributed by atoms with E-state index in [0.29, 0.717) is 10.8 Å². The highest BCUT2D eigenvalue weighted by atomic mass is 32.1. The second kappa shape index (κ2) is 6.78. The maximum Gasteiger partial charge on any atom is 0.263 e. The van der Waals surface area contributed by atoms with E-state index in [0.717, 1.165) is 10.6 Å². The molecule has 0 bridgehead atoms. The van der Waals surface area contributed by atoms with Gasteiger partial charge in [0.05, 0.1) is 17.8 Å². The van der Waals surface area contributed by atoms with Crippen molar-refractivity contribution in [3.63, 3.8) is 0 Å². The van der Waals surface area contributed by atoms with Crippen LogP contribution in [0.15, 0.2) is 24.4 Å². The lowest BCUT2D eigenvalue weighted by molar-refractivity contribution is 0.0954. The highest BCUT2D eigenvalue weighted by molar-refractivity contribution is 7.13. The van der Waals surface area contributed by atoms with Crippen LogP contribution in [0.5, 0.6) is 0 Å². The van der Waals surface area contributed by atoms with Gasteiger partial charge < -0.3 is 10.4 Å². The predicted molar refractivity (Wildman–Crippen MR) is 79.7 cm³/mol. The van der Waals surface area contributed by atoms with Crippen LogP contribution in [0.4, 0.5) is 4.39 Å². The maximum absolute atomic E-state index is 13.3. The monoisotopic (exact) mass is 308 g/mol. The van der Waals surface area contributed by atoms with E-state index in [1.807, 2.05) is 13.8 Å². The van der Waals surface area contributed by atoms with Gasteiger partial charge in [-0.1, -0.05) is 19.9 Å². The molecule has 0 fully saturated rings. The third kappa shape index (κ3) is 3.86. The zero-order valence-corrected chi connectivity index (χ0v) is 12.7. The third-order valence-electron chi connectivity index (χ3n) is 2.97. The van der Waals surface area contributed by atoms with Gasteiger partial charge in [0, 0.05) is 18.0 Å². The summed E-state index contributed by atoms with van der Waals surface area (Å²) in [7, 11) is 0. The fraction of sp³-hybridized carbons (Fsp3) is 0.333. The van der Waals surface area contributed by atoms with E-state index in [-0.39, 0.29) is 24.6 Å². The molecule has 0 saturated heterocycles. The number of hydrogen-bond acceptors (Lipinski definition) is 4. The average molecular weight is 308 g/mol. The molecule has 21 heavy (non-hydrogen) atoms. The van der Waals surface area contributed by atoms with Crippen LogP contribution in [0.2, 0.25) is 0 Å². The van der Waals surface area contributed by atoms with Crippen LogP contribution in [0.25, 0.3) is 0 Å². The van der Waals surface area contributed by atoms with Crippen molar-refractivity contribution in [2.24, 2.45) is 0 Å². The normalized spacial score (nSPS) is 10.9. The van der Waals surface area contributed by atoms with E-state index in [9.17, 15) is 9.18 Å². The molecule has 4 nitrogen and oxygen atoms in total. The van der Waals surface area contributed by atoms with Gasteiger partial charge in [0.25, 0.3) is 5.91 Å². The summed E-state index contributed by atoms with van der Waals surface area (Å²) >= 11 is 1.37. The van der Waals surface area contributed by atoms with Crippen molar-refractivity contribution in [1.82, 2.24) is 10.3 Å². The number of nitrogens with one attached hydrogen (secondary N) is 1. The summed E-state index contributed by atoms with van der Waals surface area (Å²) in [6.07, 6.45) is 1.57. The van der Waals surface area contributed by atoms with E-state index >= 15 is 0 Å². The van der Waals surface area contributed by atoms with E-state index < -0.39 is 5.82 Å². The van der Waals surface area contributed by atoms with Crippen LogP contribution in [0.3, 0.4) is 0 Å². The van der Waals surface area contributed by atoms with Crippen LogP contribution in [0, 0.1) is 5.82 Å². The van der Waals surface area contributed by atoms with Gasteiger partial charge in [0.2, 0.25) is 0 Å². The Morgan fingerprint density at radius 3 is 2.86 bits per heavy atom. The van der Waals surface area contributed by atoms with Crippen molar-refractivity contribution < 1.29 is 14.3 Å². The fourth-order valence-electron chi connectivity index (χ4n) is 1.79. The van der Waals surface area contributed by atoms with Gasteiger partial charge in [-0.3, -0.25) is 4.79 Å². The van der Waals surface area contributed by atoms with Gasteiger partial charge in [0.15, 0.2) is 0 Å². The van der Waals surface area contributed by atoms with Gasteiger partial charge in [0.1, 0.15) is 10.7 Å². The van der Waals surface area contributed by atoms with E-state index in [4.69, 9.17) is 5.11 Å². The van der Waals surface area contributed by atoms with Crippen LogP contribution < -0.4 is 5.32 Å². The highest BCUT2D eigenvalue weighted by Gasteiger charge is 2.12. The number of amides is 1. The second-order valence-corrected chi connectivity index (χ2v) is 6.05. The molecule has 2 rings (SSSR count). The van der Waals surface area contributed by atoms with Crippen LogP contribution >= 0.6 is 11.3 Å². The predicted octanol–water partition coefficient (Wildman–Crippen LogP) is 2.83. The number of benzene rings is 1. The molecule has 2 aromatic rings. The molecule has 1 heterocycles. The molecule has 1 aromatic heterocycles. The molecule has 0 spiro atoms.